The summed E-state index contributed by atoms with van der Waals surface area (Å²) in [6, 6.07) is 15.7. The van der Waals surface area contributed by atoms with Crippen LogP contribution >= 0.6 is 12.6 Å². The zero-order valence-corrected chi connectivity index (χ0v) is 14.6. The van der Waals surface area contributed by atoms with E-state index in [0.29, 0.717) is 22.0 Å². The first-order chi connectivity index (χ1) is 12.7. The fraction of sp³-hybridized carbons (Fsp3) is 0.105. The minimum atomic E-state index is -0.207. The van der Waals surface area contributed by atoms with Crippen LogP contribution in [0.25, 0.3) is 27.7 Å². The Morgan fingerprint density at radius 1 is 1.00 bits per heavy atom. The van der Waals surface area contributed by atoms with E-state index in [1.54, 1.807) is 16.9 Å². The maximum atomic E-state index is 9.75. The molecule has 0 saturated heterocycles. The Labute approximate surface area is 155 Å². The molecule has 2 heterocycles. The minimum Gasteiger partial charge on any atom is -0.392 e. The van der Waals surface area contributed by atoms with Crippen molar-refractivity contribution in [2.45, 2.75) is 18.2 Å². The molecule has 130 valence electrons. The minimum absolute atomic E-state index is 0.196. The number of benzene rings is 2. The van der Waals surface area contributed by atoms with Crippen LogP contribution in [0.3, 0.4) is 0 Å². The van der Waals surface area contributed by atoms with Crippen LogP contribution in [-0.2, 0) is 13.2 Å². The lowest BCUT2D eigenvalue weighted by atomic mass is 10.0. The number of fused-ring (bicyclic) bond motifs is 1. The monoisotopic (exact) mass is 364 g/mol. The normalized spacial score (nSPS) is 11.2. The summed E-state index contributed by atoms with van der Waals surface area (Å²) in [5, 5.41) is 30.0. The second-order valence-electron chi connectivity index (χ2n) is 5.82. The highest BCUT2D eigenvalue weighted by atomic mass is 32.1. The van der Waals surface area contributed by atoms with Gasteiger partial charge >= 0.3 is 0 Å². The highest BCUT2D eigenvalue weighted by molar-refractivity contribution is 7.80. The molecular weight excluding hydrogens is 348 g/mol. The Kier molecular flexibility index (Phi) is 4.42. The molecule has 0 aliphatic rings. The Hall–Kier alpha value is -2.74. The van der Waals surface area contributed by atoms with Gasteiger partial charge in [0.05, 0.1) is 30.8 Å². The van der Waals surface area contributed by atoms with E-state index in [4.69, 9.17) is 0 Å². The van der Waals surface area contributed by atoms with Gasteiger partial charge in [0.25, 0.3) is 0 Å². The first-order valence-electron chi connectivity index (χ1n) is 8.05. The van der Waals surface area contributed by atoms with Gasteiger partial charge in [-0.2, -0.15) is 0 Å². The highest BCUT2D eigenvalue weighted by Crippen LogP contribution is 2.33. The van der Waals surface area contributed by atoms with Crippen molar-refractivity contribution >= 4 is 23.4 Å². The van der Waals surface area contributed by atoms with Gasteiger partial charge in [-0.25, -0.2) is 4.68 Å². The molecule has 26 heavy (non-hydrogen) atoms. The summed E-state index contributed by atoms with van der Waals surface area (Å²) < 4.78 is 1.63. The molecule has 0 amide bonds. The van der Waals surface area contributed by atoms with E-state index < -0.39 is 0 Å². The van der Waals surface area contributed by atoms with Crippen LogP contribution in [0.4, 0.5) is 0 Å². The Bertz CT molecular complexity index is 1090. The number of pyridine rings is 1. The van der Waals surface area contributed by atoms with Crippen LogP contribution in [0.15, 0.2) is 59.8 Å². The lowest BCUT2D eigenvalue weighted by Gasteiger charge is -2.13. The number of hydrogen-bond donors (Lipinski definition) is 3. The molecule has 0 saturated carbocycles. The van der Waals surface area contributed by atoms with Crippen molar-refractivity contribution in [1.29, 1.82) is 0 Å². The van der Waals surface area contributed by atoms with E-state index in [2.05, 4.69) is 27.9 Å². The molecule has 7 heteroatoms. The van der Waals surface area contributed by atoms with Gasteiger partial charge in [-0.3, -0.25) is 4.98 Å². The van der Waals surface area contributed by atoms with Crippen LogP contribution in [0.2, 0.25) is 0 Å². The van der Waals surface area contributed by atoms with E-state index in [-0.39, 0.29) is 13.2 Å². The zero-order valence-electron chi connectivity index (χ0n) is 13.7. The molecule has 0 aliphatic heterocycles. The molecule has 2 aromatic heterocycles. The molecule has 0 atom stereocenters. The average molecular weight is 364 g/mol. The summed E-state index contributed by atoms with van der Waals surface area (Å²) in [6.45, 7) is -0.403. The molecule has 4 aromatic rings. The molecule has 4 rings (SSSR count). The van der Waals surface area contributed by atoms with Gasteiger partial charge in [-0.05, 0) is 16.8 Å². The van der Waals surface area contributed by atoms with Gasteiger partial charge in [-0.1, -0.05) is 47.7 Å². The summed E-state index contributed by atoms with van der Waals surface area (Å²) in [6.07, 6.45) is 1.58. The van der Waals surface area contributed by atoms with Gasteiger partial charge in [0.1, 0.15) is 10.7 Å². The van der Waals surface area contributed by atoms with E-state index in [9.17, 15) is 10.2 Å². The van der Waals surface area contributed by atoms with Gasteiger partial charge in [-0.15, -0.1) is 17.7 Å². The smallest absolute Gasteiger partial charge is 0.144 e. The van der Waals surface area contributed by atoms with Crippen molar-refractivity contribution in [2.24, 2.45) is 0 Å². The van der Waals surface area contributed by atoms with Crippen LogP contribution < -0.4 is 0 Å². The fourth-order valence-electron chi connectivity index (χ4n) is 3.05. The third kappa shape index (κ3) is 2.76. The largest absolute Gasteiger partial charge is 0.392 e. The summed E-state index contributed by atoms with van der Waals surface area (Å²) in [5.74, 6) is 0. The van der Waals surface area contributed by atoms with Gasteiger partial charge < -0.3 is 10.2 Å². The number of thiol groups is 1. The Morgan fingerprint density at radius 2 is 1.81 bits per heavy atom. The third-order valence-electron chi connectivity index (χ3n) is 4.28. The average Bonchev–Trinajstić information content (AvgIpc) is 3.08. The first-order valence-corrected chi connectivity index (χ1v) is 8.50. The van der Waals surface area contributed by atoms with Crippen LogP contribution in [0.1, 0.15) is 11.3 Å². The Balaban J connectivity index is 1.98. The lowest BCUT2D eigenvalue weighted by Crippen LogP contribution is -2.06. The first kappa shape index (κ1) is 16.7. The lowest BCUT2D eigenvalue weighted by molar-refractivity contribution is 0.271. The standard InChI is InChI=1S/C19H16N4O2S/c24-10-13-8-14(11-25)20-9-17(13)23-18(19(26)21-22-23)16-7-3-5-12-4-1-2-6-15(12)16/h1-9,24-26H,10-11H2. The number of hydrogen-bond acceptors (Lipinski definition) is 6. The third-order valence-corrected chi connectivity index (χ3v) is 4.58. The van der Waals surface area contributed by atoms with E-state index >= 15 is 0 Å². The predicted molar refractivity (Wildman–Crippen MR) is 101 cm³/mol. The molecule has 0 aliphatic carbocycles. The second kappa shape index (κ2) is 6.87. The van der Waals surface area contributed by atoms with Gasteiger partial charge in [0.2, 0.25) is 0 Å². The molecule has 0 fully saturated rings. The molecule has 2 aromatic carbocycles. The van der Waals surface area contributed by atoms with E-state index in [0.717, 1.165) is 22.0 Å². The molecule has 0 spiro atoms. The summed E-state index contributed by atoms with van der Waals surface area (Å²) >= 11 is 4.49. The van der Waals surface area contributed by atoms with Crippen molar-refractivity contribution in [2.75, 3.05) is 0 Å². The van der Waals surface area contributed by atoms with Crippen molar-refractivity contribution in [1.82, 2.24) is 20.0 Å². The van der Waals surface area contributed by atoms with Gasteiger partial charge in [0, 0.05) is 11.1 Å². The van der Waals surface area contributed by atoms with Crippen molar-refractivity contribution in [3.8, 4) is 16.9 Å². The topological polar surface area (TPSA) is 84.1 Å². The number of aromatic nitrogens is 4. The number of rotatable bonds is 4. The van der Waals surface area contributed by atoms with Crippen molar-refractivity contribution in [3.05, 3.63) is 66.0 Å². The molecule has 0 bridgehead atoms. The zero-order chi connectivity index (χ0) is 18.1. The molecule has 6 nitrogen and oxygen atoms in total. The van der Waals surface area contributed by atoms with Crippen LogP contribution in [0, 0.1) is 0 Å². The second-order valence-corrected chi connectivity index (χ2v) is 6.24. The number of nitrogens with zero attached hydrogens (tertiary/aromatic N) is 4. The SMILES string of the molecule is OCc1cc(CO)c(-n2nnc(S)c2-c2cccc3ccccc23)cn1. The van der Waals surface area contributed by atoms with Gasteiger partial charge in [0.15, 0.2) is 0 Å². The van der Waals surface area contributed by atoms with E-state index in [1.807, 2.05) is 42.5 Å². The maximum Gasteiger partial charge on any atom is 0.144 e. The Morgan fingerprint density at radius 3 is 2.62 bits per heavy atom. The quantitative estimate of drug-likeness (QED) is 0.485. The van der Waals surface area contributed by atoms with E-state index in [1.165, 1.54) is 0 Å². The number of aliphatic hydroxyl groups excluding tert-OH is 2. The summed E-state index contributed by atoms with van der Waals surface area (Å²) in [7, 11) is 0. The number of aliphatic hydroxyl groups is 2. The van der Waals surface area contributed by atoms with Crippen LogP contribution in [0.5, 0.6) is 0 Å². The highest BCUT2D eigenvalue weighted by Gasteiger charge is 2.18. The molecule has 0 radical (unpaired) electrons. The van der Waals surface area contributed by atoms with Crippen molar-refractivity contribution < 1.29 is 10.2 Å². The predicted octanol–water partition coefficient (Wildman–Crippen LogP) is 2.76. The van der Waals surface area contributed by atoms with Crippen LogP contribution in [-0.4, -0.2) is 30.2 Å². The summed E-state index contributed by atoms with van der Waals surface area (Å²) in [5.41, 5.74) is 3.34. The molecule has 2 N–H and O–H groups in total. The fourth-order valence-corrected chi connectivity index (χ4v) is 3.31. The maximum absolute atomic E-state index is 9.75. The summed E-state index contributed by atoms with van der Waals surface area (Å²) in [4.78, 5) is 4.21. The molecular formula is C19H16N4O2S. The van der Waals surface area contributed by atoms with Crippen molar-refractivity contribution in [3.63, 3.8) is 0 Å². The molecule has 0 unspecified atom stereocenters.